The lowest BCUT2D eigenvalue weighted by molar-refractivity contribution is -0.136. The van der Waals surface area contributed by atoms with Crippen molar-refractivity contribution in [3.05, 3.63) is 39.9 Å². The van der Waals surface area contributed by atoms with Crippen LogP contribution in [0.25, 0.3) is 10.6 Å². The Kier molecular flexibility index (Phi) is 4.05. The Hall–Kier alpha value is -1.52. The summed E-state index contributed by atoms with van der Waals surface area (Å²) in [5, 5.41) is 1.54. The average molecular weight is 360 g/mol. The monoisotopic (exact) mass is 359 g/mol. The van der Waals surface area contributed by atoms with Crippen molar-refractivity contribution in [2.45, 2.75) is 38.5 Å². The third-order valence-corrected chi connectivity index (χ3v) is 6.74. The first-order chi connectivity index (χ1) is 11.6. The first kappa shape index (κ1) is 16.0. The van der Waals surface area contributed by atoms with Crippen molar-refractivity contribution in [2.75, 3.05) is 0 Å². The van der Waals surface area contributed by atoms with Crippen LogP contribution in [-0.2, 0) is 16.0 Å². The number of aryl methyl sites for hydroxylation is 1. The fourth-order valence-corrected chi connectivity index (χ4v) is 5.11. The molecule has 0 N–H and O–H groups in total. The molecule has 24 heavy (non-hydrogen) atoms. The Bertz CT molecular complexity index is 789. The lowest BCUT2D eigenvalue weighted by Crippen LogP contribution is -2.35. The zero-order chi connectivity index (χ0) is 16.8. The molecule has 3 nitrogen and oxygen atoms in total. The second-order valence-corrected chi connectivity index (χ2v) is 8.15. The standard InChI is InChI=1S/C19H18ClNO2S/c1-2-14-16(15-17(22)11-3-4-12(9-11)18(15)23)21-19(24-14)10-5-7-13(20)8-6-10/h5-8,11-12,15H,2-4,9H2,1H3/t11-,12+,15?. The van der Waals surface area contributed by atoms with Crippen LogP contribution in [0.3, 0.4) is 0 Å². The number of hydrogen-bond acceptors (Lipinski definition) is 4. The van der Waals surface area contributed by atoms with E-state index in [1.54, 1.807) is 11.3 Å². The molecule has 1 aromatic heterocycles. The van der Waals surface area contributed by atoms with Crippen LogP contribution in [0.2, 0.25) is 5.02 Å². The van der Waals surface area contributed by atoms with Crippen molar-refractivity contribution < 1.29 is 9.59 Å². The predicted molar refractivity (Wildman–Crippen MR) is 95.5 cm³/mol. The minimum atomic E-state index is -0.636. The van der Waals surface area contributed by atoms with E-state index in [1.165, 1.54) is 0 Å². The van der Waals surface area contributed by atoms with Crippen molar-refractivity contribution in [3.63, 3.8) is 0 Å². The van der Waals surface area contributed by atoms with Gasteiger partial charge in [-0.2, -0.15) is 0 Å². The number of carbonyl (C=O) groups excluding carboxylic acids is 2. The molecular formula is C19H18ClNO2S. The maximum Gasteiger partial charge on any atom is 0.152 e. The van der Waals surface area contributed by atoms with E-state index in [0.29, 0.717) is 10.7 Å². The molecule has 124 valence electrons. The summed E-state index contributed by atoms with van der Waals surface area (Å²) in [5.41, 5.74) is 1.68. The molecule has 2 bridgehead atoms. The second kappa shape index (κ2) is 6.08. The summed E-state index contributed by atoms with van der Waals surface area (Å²) in [6, 6.07) is 7.53. The van der Waals surface area contributed by atoms with Gasteiger partial charge in [-0.25, -0.2) is 4.98 Å². The molecule has 2 aliphatic rings. The van der Waals surface area contributed by atoms with Gasteiger partial charge in [0.1, 0.15) is 10.9 Å². The first-order valence-electron chi connectivity index (χ1n) is 8.41. The van der Waals surface area contributed by atoms with E-state index in [2.05, 4.69) is 6.92 Å². The molecule has 2 fully saturated rings. The van der Waals surface area contributed by atoms with E-state index in [-0.39, 0.29) is 23.4 Å². The van der Waals surface area contributed by atoms with Gasteiger partial charge in [0.25, 0.3) is 0 Å². The molecule has 0 aliphatic heterocycles. The van der Waals surface area contributed by atoms with E-state index >= 15 is 0 Å². The van der Waals surface area contributed by atoms with Crippen LogP contribution in [-0.4, -0.2) is 16.6 Å². The fourth-order valence-electron chi connectivity index (χ4n) is 3.94. The highest BCUT2D eigenvalue weighted by atomic mass is 35.5. The Morgan fingerprint density at radius 3 is 2.33 bits per heavy atom. The molecular weight excluding hydrogens is 342 g/mol. The lowest BCUT2D eigenvalue weighted by atomic mass is 9.77. The topological polar surface area (TPSA) is 47.0 Å². The predicted octanol–water partition coefficient (Wildman–Crippen LogP) is 4.68. The minimum absolute atomic E-state index is 0.0584. The number of halogens is 1. The van der Waals surface area contributed by atoms with Crippen LogP contribution in [0.15, 0.2) is 24.3 Å². The van der Waals surface area contributed by atoms with E-state index in [4.69, 9.17) is 16.6 Å². The molecule has 2 saturated carbocycles. The Morgan fingerprint density at radius 1 is 1.12 bits per heavy atom. The number of rotatable bonds is 3. The number of ketones is 2. The molecule has 0 saturated heterocycles. The molecule has 5 heteroatoms. The van der Waals surface area contributed by atoms with Gasteiger partial charge < -0.3 is 0 Å². The molecule has 4 rings (SSSR count). The maximum atomic E-state index is 12.8. The first-order valence-corrected chi connectivity index (χ1v) is 9.61. The summed E-state index contributed by atoms with van der Waals surface area (Å²) in [6.45, 7) is 2.05. The summed E-state index contributed by atoms with van der Waals surface area (Å²) in [6.07, 6.45) is 3.26. The molecule has 2 aromatic rings. The number of nitrogens with zero attached hydrogens (tertiary/aromatic N) is 1. The van der Waals surface area contributed by atoms with Gasteiger partial charge >= 0.3 is 0 Å². The highest BCUT2D eigenvalue weighted by molar-refractivity contribution is 7.15. The van der Waals surface area contributed by atoms with Crippen molar-refractivity contribution in [3.8, 4) is 10.6 Å². The highest BCUT2D eigenvalue weighted by Crippen LogP contribution is 2.45. The van der Waals surface area contributed by atoms with Crippen LogP contribution < -0.4 is 0 Å². The third-order valence-electron chi connectivity index (χ3n) is 5.22. The third kappa shape index (κ3) is 2.52. The van der Waals surface area contributed by atoms with Crippen LogP contribution >= 0.6 is 22.9 Å². The van der Waals surface area contributed by atoms with Crippen LogP contribution in [0.1, 0.15) is 42.7 Å². The maximum absolute atomic E-state index is 12.8. The van der Waals surface area contributed by atoms with Gasteiger partial charge in [0.05, 0.1) is 5.69 Å². The SMILES string of the molecule is CCc1sc(-c2ccc(Cl)cc2)nc1C1C(=O)[C@@H]2CC[C@@H](C2)C1=O. The summed E-state index contributed by atoms with van der Waals surface area (Å²) >= 11 is 7.54. The molecule has 1 aromatic carbocycles. The molecule has 3 atom stereocenters. The van der Waals surface area contributed by atoms with E-state index in [9.17, 15) is 9.59 Å². The van der Waals surface area contributed by atoms with Gasteiger partial charge in [-0.3, -0.25) is 9.59 Å². The van der Waals surface area contributed by atoms with Gasteiger partial charge in [-0.15, -0.1) is 11.3 Å². The smallest absolute Gasteiger partial charge is 0.152 e. The molecule has 0 amide bonds. The number of carbonyl (C=O) groups is 2. The Labute approximate surface area is 150 Å². The van der Waals surface area contributed by atoms with E-state index < -0.39 is 5.92 Å². The average Bonchev–Trinajstić information content (AvgIpc) is 3.20. The van der Waals surface area contributed by atoms with Crippen LogP contribution in [0, 0.1) is 11.8 Å². The quantitative estimate of drug-likeness (QED) is 0.747. The number of aromatic nitrogens is 1. The number of thiazole rings is 1. The largest absolute Gasteiger partial charge is 0.298 e. The lowest BCUT2D eigenvalue weighted by Gasteiger charge is -2.24. The molecule has 1 unspecified atom stereocenters. The molecule has 2 aliphatic carbocycles. The van der Waals surface area contributed by atoms with E-state index in [1.807, 2.05) is 24.3 Å². The summed E-state index contributed by atoms with van der Waals surface area (Å²) in [7, 11) is 0. The summed E-state index contributed by atoms with van der Waals surface area (Å²) in [5.74, 6) is -0.331. The normalized spacial score (nSPS) is 26.2. The highest BCUT2D eigenvalue weighted by Gasteiger charge is 2.48. The number of hydrogen-bond donors (Lipinski definition) is 0. The minimum Gasteiger partial charge on any atom is -0.298 e. The fraction of sp³-hybridized carbons (Fsp3) is 0.421. The second-order valence-electron chi connectivity index (χ2n) is 6.63. The number of benzene rings is 1. The number of Topliss-reactive ketones (excluding diaryl/α,β-unsaturated/α-hetero) is 2. The summed E-state index contributed by atoms with van der Waals surface area (Å²) in [4.78, 5) is 31.3. The van der Waals surface area contributed by atoms with Crippen molar-refractivity contribution in [1.82, 2.24) is 4.98 Å². The van der Waals surface area contributed by atoms with Gasteiger partial charge in [0.2, 0.25) is 0 Å². The van der Waals surface area contributed by atoms with Crippen LogP contribution in [0.4, 0.5) is 0 Å². The van der Waals surface area contributed by atoms with Crippen molar-refractivity contribution >= 4 is 34.5 Å². The van der Waals surface area contributed by atoms with Gasteiger partial charge in [-0.1, -0.05) is 30.7 Å². The van der Waals surface area contributed by atoms with Crippen molar-refractivity contribution in [2.24, 2.45) is 11.8 Å². The zero-order valence-electron chi connectivity index (χ0n) is 13.4. The summed E-state index contributed by atoms with van der Waals surface area (Å²) < 4.78 is 0. The van der Waals surface area contributed by atoms with Gasteiger partial charge in [-0.05, 0) is 37.8 Å². The van der Waals surface area contributed by atoms with Gasteiger partial charge in [0, 0.05) is 27.3 Å². The zero-order valence-corrected chi connectivity index (χ0v) is 15.0. The Balaban J connectivity index is 1.76. The Morgan fingerprint density at radius 2 is 1.75 bits per heavy atom. The van der Waals surface area contributed by atoms with Crippen LogP contribution in [0.5, 0.6) is 0 Å². The molecule has 1 heterocycles. The van der Waals surface area contributed by atoms with Gasteiger partial charge in [0.15, 0.2) is 11.6 Å². The van der Waals surface area contributed by atoms with Crippen molar-refractivity contribution in [1.29, 1.82) is 0 Å². The van der Waals surface area contributed by atoms with E-state index in [0.717, 1.165) is 41.1 Å². The molecule has 0 radical (unpaired) electrons. The number of fused-ring (bicyclic) bond motifs is 2. The molecule has 0 spiro atoms.